The van der Waals surface area contributed by atoms with Gasteiger partial charge in [0.25, 0.3) is 0 Å². The minimum absolute atomic E-state index is 0.130. The quantitative estimate of drug-likeness (QED) is 0.847. The van der Waals surface area contributed by atoms with Gasteiger partial charge in [0.2, 0.25) is 5.91 Å². The summed E-state index contributed by atoms with van der Waals surface area (Å²) in [5.74, 6) is 0.130. The van der Waals surface area contributed by atoms with Gasteiger partial charge < -0.3 is 11.1 Å². The number of rotatable bonds is 5. The van der Waals surface area contributed by atoms with Crippen molar-refractivity contribution < 1.29 is 4.79 Å². The first kappa shape index (κ1) is 14.0. The molecule has 0 aromatic carbocycles. The highest BCUT2D eigenvalue weighted by Crippen LogP contribution is 2.35. The Balaban J connectivity index is 1.83. The Bertz CT molecular complexity index is 399. The van der Waals surface area contributed by atoms with E-state index >= 15 is 0 Å². The minimum atomic E-state index is -0.317. The monoisotopic (exact) mass is 261 g/mol. The third-order valence-corrected chi connectivity index (χ3v) is 4.08. The first-order valence-electron chi connectivity index (χ1n) is 7.15. The molecule has 4 heteroatoms. The van der Waals surface area contributed by atoms with Crippen LogP contribution < -0.4 is 11.1 Å². The number of aromatic nitrogens is 1. The lowest BCUT2D eigenvalue weighted by molar-refractivity contribution is -0.132. The van der Waals surface area contributed by atoms with Crippen LogP contribution in [0.15, 0.2) is 24.4 Å². The molecule has 2 rings (SSSR count). The van der Waals surface area contributed by atoms with E-state index in [1.54, 1.807) is 6.20 Å². The Hall–Kier alpha value is -1.42. The molecule has 0 bridgehead atoms. The molecular weight excluding hydrogens is 238 g/mol. The second-order valence-corrected chi connectivity index (χ2v) is 5.37. The maximum atomic E-state index is 12.3. The van der Waals surface area contributed by atoms with E-state index in [0.29, 0.717) is 13.1 Å². The van der Waals surface area contributed by atoms with Crippen LogP contribution in [0.5, 0.6) is 0 Å². The molecule has 0 spiro atoms. The van der Waals surface area contributed by atoms with E-state index in [-0.39, 0.29) is 11.3 Å². The van der Waals surface area contributed by atoms with Gasteiger partial charge in [-0.2, -0.15) is 0 Å². The van der Waals surface area contributed by atoms with Crippen LogP contribution in [0.25, 0.3) is 0 Å². The first-order chi connectivity index (χ1) is 9.27. The lowest BCUT2D eigenvalue weighted by Gasteiger charge is -2.34. The third kappa shape index (κ3) is 3.53. The van der Waals surface area contributed by atoms with Crippen molar-refractivity contribution in [2.45, 2.75) is 38.5 Å². The number of carbonyl (C=O) groups is 1. The van der Waals surface area contributed by atoms with Crippen molar-refractivity contribution in [1.82, 2.24) is 10.3 Å². The fourth-order valence-corrected chi connectivity index (χ4v) is 2.79. The molecule has 4 nitrogen and oxygen atoms in total. The van der Waals surface area contributed by atoms with Crippen LogP contribution in [-0.2, 0) is 11.2 Å². The van der Waals surface area contributed by atoms with Gasteiger partial charge in [0.05, 0.1) is 5.41 Å². The van der Waals surface area contributed by atoms with Gasteiger partial charge in [-0.05, 0) is 25.0 Å². The number of hydrogen-bond donors (Lipinski definition) is 2. The van der Waals surface area contributed by atoms with Crippen molar-refractivity contribution >= 4 is 5.91 Å². The summed E-state index contributed by atoms with van der Waals surface area (Å²) in [5.41, 5.74) is 6.54. The van der Waals surface area contributed by atoms with E-state index in [9.17, 15) is 4.79 Å². The molecule has 0 aliphatic heterocycles. The normalized spacial score (nSPS) is 17.9. The molecule has 0 atom stereocenters. The topological polar surface area (TPSA) is 68.0 Å². The van der Waals surface area contributed by atoms with Crippen molar-refractivity contribution in [3.8, 4) is 0 Å². The number of amides is 1. The summed E-state index contributed by atoms with van der Waals surface area (Å²) in [4.78, 5) is 16.6. The Morgan fingerprint density at radius 2 is 2.11 bits per heavy atom. The molecule has 1 fully saturated rings. The number of carbonyl (C=O) groups excluding carboxylic acids is 1. The first-order valence-corrected chi connectivity index (χ1v) is 7.15. The molecule has 3 N–H and O–H groups in total. The molecule has 1 amide bonds. The Kier molecular flexibility index (Phi) is 4.91. The number of nitrogens with two attached hydrogens (primary N) is 1. The van der Waals surface area contributed by atoms with Gasteiger partial charge in [0.15, 0.2) is 0 Å². The average molecular weight is 261 g/mol. The fraction of sp³-hybridized carbons (Fsp3) is 0.600. The summed E-state index contributed by atoms with van der Waals surface area (Å²) in [6.45, 7) is 1.10. The standard InChI is InChI=1S/C15H23N3O/c16-12-15(8-3-1-4-9-15)14(19)18-11-7-13-6-2-5-10-17-13/h2,5-6,10H,1,3-4,7-9,11-12,16H2,(H,18,19). The minimum Gasteiger partial charge on any atom is -0.355 e. The number of pyridine rings is 1. The van der Waals surface area contributed by atoms with Crippen LogP contribution in [0.1, 0.15) is 37.8 Å². The highest BCUT2D eigenvalue weighted by Gasteiger charge is 2.37. The largest absolute Gasteiger partial charge is 0.355 e. The van der Waals surface area contributed by atoms with Crippen LogP contribution in [0, 0.1) is 5.41 Å². The zero-order valence-corrected chi connectivity index (χ0v) is 11.4. The molecule has 1 aliphatic carbocycles. The zero-order chi connectivity index (χ0) is 13.6. The second kappa shape index (κ2) is 6.66. The molecule has 0 radical (unpaired) electrons. The van der Waals surface area contributed by atoms with Crippen molar-refractivity contribution in [2.75, 3.05) is 13.1 Å². The smallest absolute Gasteiger partial charge is 0.227 e. The molecule has 1 heterocycles. The summed E-state index contributed by atoms with van der Waals surface area (Å²) >= 11 is 0. The number of hydrogen-bond acceptors (Lipinski definition) is 3. The number of nitrogens with zero attached hydrogens (tertiary/aromatic N) is 1. The maximum Gasteiger partial charge on any atom is 0.227 e. The Labute approximate surface area is 114 Å². The molecule has 0 unspecified atom stereocenters. The van der Waals surface area contributed by atoms with Gasteiger partial charge >= 0.3 is 0 Å². The van der Waals surface area contributed by atoms with Crippen molar-refractivity contribution in [1.29, 1.82) is 0 Å². The molecule has 1 saturated carbocycles. The molecule has 104 valence electrons. The second-order valence-electron chi connectivity index (χ2n) is 5.37. The van der Waals surface area contributed by atoms with Crippen LogP contribution in [0.4, 0.5) is 0 Å². The highest BCUT2D eigenvalue weighted by atomic mass is 16.2. The van der Waals surface area contributed by atoms with Gasteiger partial charge in [-0.15, -0.1) is 0 Å². The summed E-state index contributed by atoms with van der Waals surface area (Å²) in [6.07, 6.45) is 7.86. The van der Waals surface area contributed by atoms with Crippen molar-refractivity contribution in [3.63, 3.8) is 0 Å². The van der Waals surface area contributed by atoms with E-state index in [0.717, 1.165) is 37.8 Å². The van der Waals surface area contributed by atoms with Crippen molar-refractivity contribution in [2.24, 2.45) is 11.1 Å². The van der Waals surface area contributed by atoms with Crippen LogP contribution in [-0.4, -0.2) is 24.0 Å². The highest BCUT2D eigenvalue weighted by molar-refractivity contribution is 5.83. The van der Waals surface area contributed by atoms with E-state index in [4.69, 9.17) is 5.73 Å². The van der Waals surface area contributed by atoms with Crippen LogP contribution >= 0.6 is 0 Å². The molecule has 1 aromatic heterocycles. The summed E-state index contributed by atoms with van der Waals surface area (Å²) in [6, 6.07) is 5.84. The van der Waals surface area contributed by atoms with Gasteiger partial charge in [0, 0.05) is 31.4 Å². The Morgan fingerprint density at radius 1 is 1.32 bits per heavy atom. The summed E-state index contributed by atoms with van der Waals surface area (Å²) < 4.78 is 0. The molecule has 19 heavy (non-hydrogen) atoms. The third-order valence-electron chi connectivity index (χ3n) is 4.08. The molecule has 0 saturated heterocycles. The zero-order valence-electron chi connectivity index (χ0n) is 11.4. The van der Waals surface area contributed by atoms with Crippen LogP contribution in [0.3, 0.4) is 0 Å². The van der Waals surface area contributed by atoms with Gasteiger partial charge in [-0.1, -0.05) is 25.3 Å². The summed E-state index contributed by atoms with van der Waals surface area (Å²) in [5, 5.41) is 3.03. The van der Waals surface area contributed by atoms with Crippen molar-refractivity contribution in [3.05, 3.63) is 30.1 Å². The van der Waals surface area contributed by atoms with E-state index in [1.165, 1.54) is 6.42 Å². The Morgan fingerprint density at radius 3 is 2.74 bits per heavy atom. The predicted molar refractivity (Wildman–Crippen MR) is 75.5 cm³/mol. The predicted octanol–water partition coefficient (Wildman–Crippen LogP) is 1.65. The van der Waals surface area contributed by atoms with Gasteiger partial charge in [0.1, 0.15) is 0 Å². The molecule has 1 aliphatic rings. The maximum absolute atomic E-state index is 12.3. The van der Waals surface area contributed by atoms with Gasteiger partial charge in [-0.3, -0.25) is 9.78 Å². The van der Waals surface area contributed by atoms with E-state index in [1.807, 2.05) is 18.2 Å². The molecular formula is C15H23N3O. The lowest BCUT2D eigenvalue weighted by atomic mass is 9.73. The van der Waals surface area contributed by atoms with Crippen LogP contribution in [0.2, 0.25) is 0 Å². The number of nitrogens with one attached hydrogen (secondary N) is 1. The average Bonchev–Trinajstić information content (AvgIpc) is 2.49. The van der Waals surface area contributed by atoms with E-state index in [2.05, 4.69) is 10.3 Å². The van der Waals surface area contributed by atoms with E-state index < -0.39 is 0 Å². The molecule has 1 aromatic rings. The van der Waals surface area contributed by atoms with Gasteiger partial charge in [-0.25, -0.2) is 0 Å². The lowest BCUT2D eigenvalue weighted by Crippen LogP contribution is -2.47. The summed E-state index contributed by atoms with van der Waals surface area (Å²) in [7, 11) is 0. The SMILES string of the molecule is NCC1(C(=O)NCCc2ccccn2)CCCCC1. The fourth-order valence-electron chi connectivity index (χ4n) is 2.79.